The fraction of sp³-hybridized carbons (Fsp3) is 0.533. The first-order chi connectivity index (χ1) is 9.96. The van der Waals surface area contributed by atoms with E-state index >= 15 is 0 Å². The van der Waals surface area contributed by atoms with Crippen molar-refractivity contribution in [3.8, 4) is 0 Å². The smallest absolute Gasteiger partial charge is 0.226 e. The zero-order chi connectivity index (χ0) is 15.1. The van der Waals surface area contributed by atoms with Crippen molar-refractivity contribution in [3.63, 3.8) is 0 Å². The highest BCUT2D eigenvalue weighted by molar-refractivity contribution is 7.90. The largest absolute Gasteiger partial charge is 0.348 e. The minimum Gasteiger partial charge on any atom is -0.348 e. The normalized spacial score (nSPS) is 24.9. The molecule has 0 radical (unpaired) electrons. The Morgan fingerprint density at radius 2 is 2.05 bits per heavy atom. The van der Waals surface area contributed by atoms with Crippen molar-refractivity contribution < 1.29 is 17.6 Å². The van der Waals surface area contributed by atoms with Crippen LogP contribution < -0.4 is 5.32 Å². The summed E-state index contributed by atoms with van der Waals surface area (Å²) in [6.45, 7) is -0.521. The van der Waals surface area contributed by atoms with E-state index in [1.807, 2.05) is 12.1 Å². The van der Waals surface area contributed by atoms with Gasteiger partial charge in [0.1, 0.15) is 0 Å². The highest BCUT2D eigenvalue weighted by Crippen LogP contribution is 2.49. The monoisotopic (exact) mass is 311 g/mol. The lowest BCUT2D eigenvalue weighted by Crippen LogP contribution is -2.40. The van der Waals surface area contributed by atoms with E-state index in [1.54, 1.807) is 12.1 Å². The predicted octanol–water partition coefficient (Wildman–Crippen LogP) is 1.91. The van der Waals surface area contributed by atoms with Gasteiger partial charge in [-0.25, -0.2) is 8.42 Å². The van der Waals surface area contributed by atoms with Crippen LogP contribution >= 0.6 is 0 Å². The molecule has 1 atom stereocenters. The highest BCUT2D eigenvalue weighted by atomic mass is 32.2. The van der Waals surface area contributed by atoms with Crippen molar-refractivity contribution in [1.29, 1.82) is 0 Å². The van der Waals surface area contributed by atoms with Crippen molar-refractivity contribution in [2.75, 3.05) is 12.4 Å². The van der Waals surface area contributed by atoms with Gasteiger partial charge in [-0.05, 0) is 30.4 Å². The van der Waals surface area contributed by atoms with E-state index < -0.39 is 28.0 Å². The third kappa shape index (κ3) is 2.81. The molecular formula is C15H18FNO3S. The van der Waals surface area contributed by atoms with E-state index in [2.05, 4.69) is 5.32 Å². The Labute approximate surface area is 123 Å². The number of alkyl halides is 1. The molecule has 1 saturated carbocycles. The van der Waals surface area contributed by atoms with Crippen LogP contribution in [0.15, 0.2) is 24.3 Å². The molecule has 0 bridgehead atoms. The lowest BCUT2D eigenvalue weighted by Gasteiger charge is -2.28. The molecule has 0 spiro atoms. The lowest BCUT2D eigenvalue weighted by atomic mass is 9.98. The van der Waals surface area contributed by atoms with E-state index in [0.29, 0.717) is 12.8 Å². The van der Waals surface area contributed by atoms with Crippen LogP contribution in [0.1, 0.15) is 36.4 Å². The summed E-state index contributed by atoms with van der Waals surface area (Å²) in [7, 11) is -3.22. The molecule has 1 aliphatic carbocycles. The Kier molecular flexibility index (Phi) is 3.51. The van der Waals surface area contributed by atoms with Gasteiger partial charge in [-0.1, -0.05) is 24.3 Å². The Hall–Kier alpha value is -1.43. The summed E-state index contributed by atoms with van der Waals surface area (Å²) in [4.78, 5) is 12.3. The molecule has 114 valence electrons. The van der Waals surface area contributed by atoms with Crippen molar-refractivity contribution >= 4 is 15.7 Å². The summed E-state index contributed by atoms with van der Waals surface area (Å²) in [6, 6.07) is 6.74. The van der Waals surface area contributed by atoms with Gasteiger partial charge in [-0.15, -0.1) is 0 Å². The van der Waals surface area contributed by atoms with Crippen LogP contribution in [0.3, 0.4) is 0 Å². The zero-order valence-electron chi connectivity index (χ0n) is 11.6. The molecule has 3 rings (SSSR count). The van der Waals surface area contributed by atoms with E-state index in [4.69, 9.17) is 0 Å². The molecule has 1 N–H and O–H groups in total. The number of halogens is 1. The second-order valence-electron chi connectivity index (χ2n) is 6.00. The van der Waals surface area contributed by atoms with Crippen molar-refractivity contribution in [2.24, 2.45) is 5.41 Å². The standard InChI is InChI=1S/C15H18FNO3S/c16-8-7-15(5-6-15)14(18)17-13-10-21(19,20)9-11-3-1-2-4-12(11)13/h1-4,13H,5-10H2,(H,17,18). The summed E-state index contributed by atoms with van der Waals surface area (Å²) in [6.07, 6.45) is 1.59. The third-order valence-electron chi connectivity index (χ3n) is 4.44. The SMILES string of the molecule is O=C(NC1CS(=O)(=O)Cc2ccccc21)C1(CCF)CC1. The Morgan fingerprint density at radius 3 is 2.71 bits per heavy atom. The van der Waals surface area contributed by atoms with Gasteiger partial charge in [0.05, 0.1) is 29.6 Å². The van der Waals surface area contributed by atoms with Gasteiger partial charge >= 0.3 is 0 Å². The lowest BCUT2D eigenvalue weighted by molar-refractivity contribution is -0.127. The van der Waals surface area contributed by atoms with E-state index in [-0.39, 0.29) is 23.8 Å². The van der Waals surface area contributed by atoms with Crippen LogP contribution in [0.4, 0.5) is 4.39 Å². The summed E-state index contributed by atoms with van der Waals surface area (Å²) in [5, 5.41) is 2.83. The van der Waals surface area contributed by atoms with Gasteiger partial charge in [0, 0.05) is 0 Å². The van der Waals surface area contributed by atoms with Crippen molar-refractivity contribution in [1.82, 2.24) is 5.32 Å². The highest BCUT2D eigenvalue weighted by Gasteiger charge is 2.50. The van der Waals surface area contributed by atoms with Gasteiger partial charge < -0.3 is 5.32 Å². The molecule has 1 aromatic carbocycles. The Balaban J connectivity index is 1.84. The first-order valence-electron chi connectivity index (χ1n) is 7.11. The van der Waals surface area contributed by atoms with E-state index in [0.717, 1.165) is 11.1 Å². The number of amides is 1. The molecule has 0 aromatic heterocycles. The van der Waals surface area contributed by atoms with Crippen LogP contribution in [0.2, 0.25) is 0 Å². The van der Waals surface area contributed by atoms with Crippen molar-refractivity contribution in [2.45, 2.75) is 31.1 Å². The molecule has 1 aromatic rings. The topological polar surface area (TPSA) is 63.2 Å². The number of carbonyl (C=O) groups excluding carboxylic acids is 1. The maximum absolute atomic E-state index is 12.6. The van der Waals surface area contributed by atoms with Gasteiger partial charge in [-0.2, -0.15) is 0 Å². The first-order valence-corrected chi connectivity index (χ1v) is 8.93. The average molecular weight is 311 g/mol. The number of sulfone groups is 1. The fourth-order valence-corrected chi connectivity index (χ4v) is 4.62. The van der Waals surface area contributed by atoms with Gasteiger partial charge in [0.15, 0.2) is 9.84 Å². The van der Waals surface area contributed by atoms with Crippen LogP contribution in [-0.2, 0) is 20.4 Å². The number of hydrogen-bond acceptors (Lipinski definition) is 3. The number of rotatable bonds is 4. The predicted molar refractivity (Wildman–Crippen MR) is 77.1 cm³/mol. The summed E-state index contributed by atoms with van der Waals surface area (Å²) in [5.41, 5.74) is 0.992. The molecule has 6 heteroatoms. The van der Waals surface area contributed by atoms with Crippen LogP contribution in [0.25, 0.3) is 0 Å². The fourth-order valence-electron chi connectivity index (χ4n) is 3.00. The third-order valence-corrected chi connectivity index (χ3v) is 6.03. The summed E-state index contributed by atoms with van der Waals surface area (Å²) >= 11 is 0. The minimum absolute atomic E-state index is 0.0190. The molecule has 1 fully saturated rings. The minimum atomic E-state index is -3.22. The molecule has 1 heterocycles. The van der Waals surface area contributed by atoms with E-state index in [9.17, 15) is 17.6 Å². The molecule has 0 saturated heterocycles. The molecule has 21 heavy (non-hydrogen) atoms. The second kappa shape index (κ2) is 5.09. The molecule has 4 nitrogen and oxygen atoms in total. The second-order valence-corrected chi connectivity index (χ2v) is 8.11. The number of carbonyl (C=O) groups is 1. The molecule has 1 amide bonds. The first kappa shape index (κ1) is 14.5. The summed E-state index contributed by atoms with van der Waals surface area (Å²) in [5.74, 6) is -0.274. The average Bonchev–Trinajstić information content (AvgIpc) is 3.19. The Morgan fingerprint density at radius 1 is 1.33 bits per heavy atom. The zero-order valence-corrected chi connectivity index (χ0v) is 12.5. The Bertz CT molecular complexity index is 667. The maximum Gasteiger partial charge on any atom is 0.226 e. The summed E-state index contributed by atoms with van der Waals surface area (Å²) < 4.78 is 36.5. The number of nitrogens with one attached hydrogen (secondary N) is 1. The van der Waals surface area contributed by atoms with E-state index in [1.165, 1.54) is 0 Å². The van der Waals surface area contributed by atoms with Crippen LogP contribution in [0, 0.1) is 5.41 Å². The van der Waals surface area contributed by atoms with Crippen LogP contribution in [0.5, 0.6) is 0 Å². The van der Waals surface area contributed by atoms with Crippen molar-refractivity contribution in [3.05, 3.63) is 35.4 Å². The van der Waals surface area contributed by atoms with Crippen LogP contribution in [-0.4, -0.2) is 26.8 Å². The number of benzene rings is 1. The number of hydrogen-bond donors (Lipinski definition) is 1. The molecule has 1 unspecified atom stereocenters. The van der Waals surface area contributed by atoms with Gasteiger partial charge in [0.2, 0.25) is 5.91 Å². The molecule has 1 aliphatic heterocycles. The molecule has 2 aliphatic rings. The molecular weight excluding hydrogens is 293 g/mol. The number of fused-ring (bicyclic) bond motifs is 1. The van der Waals surface area contributed by atoms with Gasteiger partial charge in [-0.3, -0.25) is 9.18 Å². The van der Waals surface area contributed by atoms with Gasteiger partial charge in [0.25, 0.3) is 0 Å². The maximum atomic E-state index is 12.6. The quantitative estimate of drug-likeness (QED) is 0.924.